The van der Waals surface area contributed by atoms with E-state index < -0.39 is 0 Å². The number of likely N-dealkylation sites (tertiary alicyclic amines) is 1. The van der Waals surface area contributed by atoms with Gasteiger partial charge in [-0.15, -0.1) is 0 Å². The molecule has 1 fully saturated rings. The fourth-order valence-electron chi connectivity index (χ4n) is 1.96. The lowest BCUT2D eigenvalue weighted by molar-refractivity contribution is 0.169. The number of hydrogen-bond acceptors (Lipinski definition) is 3. The summed E-state index contributed by atoms with van der Waals surface area (Å²) >= 11 is 0. The van der Waals surface area contributed by atoms with Crippen molar-refractivity contribution in [2.45, 2.75) is 44.7 Å². The number of nitrogens with zero attached hydrogens (tertiary/aromatic N) is 1. The zero-order valence-electron chi connectivity index (χ0n) is 8.58. The number of rotatable bonds is 3. The van der Waals surface area contributed by atoms with Crippen LogP contribution in [0.25, 0.3) is 0 Å². The summed E-state index contributed by atoms with van der Waals surface area (Å²) in [6.07, 6.45) is 5.24. The second-order valence-corrected chi connectivity index (χ2v) is 4.14. The number of aliphatic hydroxyl groups excluding tert-OH is 1. The minimum atomic E-state index is -0.0689. The third-order valence-corrected chi connectivity index (χ3v) is 2.89. The van der Waals surface area contributed by atoms with Crippen LogP contribution in [-0.4, -0.2) is 41.8 Å². The van der Waals surface area contributed by atoms with Crippen LogP contribution in [0.15, 0.2) is 0 Å². The van der Waals surface area contributed by atoms with E-state index in [4.69, 9.17) is 10.8 Å². The molecule has 13 heavy (non-hydrogen) atoms. The Bertz CT molecular complexity index is 141. The van der Waals surface area contributed by atoms with Gasteiger partial charge >= 0.3 is 0 Å². The van der Waals surface area contributed by atoms with Crippen molar-refractivity contribution in [3.63, 3.8) is 0 Å². The molecule has 1 rings (SSSR count). The molecular weight excluding hydrogens is 164 g/mol. The normalized spacial score (nSPS) is 28.4. The lowest BCUT2D eigenvalue weighted by Gasteiger charge is -2.28. The van der Waals surface area contributed by atoms with Gasteiger partial charge in [0, 0.05) is 18.6 Å². The van der Waals surface area contributed by atoms with Crippen LogP contribution in [0, 0.1) is 0 Å². The first-order valence-corrected chi connectivity index (χ1v) is 5.34. The van der Waals surface area contributed by atoms with Crippen LogP contribution in [0.2, 0.25) is 0 Å². The lowest BCUT2D eigenvalue weighted by Crippen LogP contribution is -2.43. The fraction of sp³-hybridized carbons (Fsp3) is 1.00. The van der Waals surface area contributed by atoms with Gasteiger partial charge in [-0.05, 0) is 26.3 Å². The maximum atomic E-state index is 8.87. The van der Waals surface area contributed by atoms with Gasteiger partial charge < -0.3 is 10.8 Å². The fourth-order valence-corrected chi connectivity index (χ4v) is 1.96. The van der Waals surface area contributed by atoms with E-state index in [9.17, 15) is 0 Å². The summed E-state index contributed by atoms with van der Waals surface area (Å²) in [6.45, 7) is 4.35. The molecule has 3 heteroatoms. The smallest absolute Gasteiger partial charge is 0.0595 e. The van der Waals surface area contributed by atoms with Crippen molar-refractivity contribution < 1.29 is 5.11 Å². The first-order valence-electron chi connectivity index (χ1n) is 5.34. The third-order valence-electron chi connectivity index (χ3n) is 2.89. The van der Waals surface area contributed by atoms with E-state index in [-0.39, 0.29) is 12.6 Å². The maximum Gasteiger partial charge on any atom is 0.0595 e. The van der Waals surface area contributed by atoms with E-state index >= 15 is 0 Å². The number of nitrogens with two attached hydrogens (primary N) is 1. The molecule has 1 aliphatic heterocycles. The van der Waals surface area contributed by atoms with Crippen molar-refractivity contribution in [2.75, 3.05) is 19.7 Å². The van der Waals surface area contributed by atoms with Gasteiger partial charge in [0.15, 0.2) is 0 Å². The molecule has 0 amide bonds. The molecule has 0 radical (unpaired) electrons. The predicted molar refractivity (Wildman–Crippen MR) is 54.6 cm³/mol. The second-order valence-electron chi connectivity index (χ2n) is 4.14. The largest absolute Gasteiger partial charge is 0.395 e. The Morgan fingerprint density at radius 3 is 2.92 bits per heavy atom. The van der Waals surface area contributed by atoms with Crippen LogP contribution in [0.3, 0.4) is 0 Å². The quantitative estimate of drug-likeness (QED) is 0.677. The minimum absolute atomic E-state index is 0.0689. The van der Waals surface area contributed by atoms with Gasteiger partial charge in [-0.2, -0.15) is 0 Å². The van der Waals surface area contributed by atoms with Gasteiger partial charge in [0.1, 0.15) is 0 Å². The van der Waals surface area contributed by atoms with E-state index in [1.807, 2.05) is 0 Å². The molecule has 1 aliphatic rings. The molecule has 3 nitrogen and oxygen atoms in total. The average molecular weight is 186 g/mol. The zero-order valence-corrected chi connectivity index (χ0v) is 8.58. The second kappa shape index (κ2) is 5.58. The Hall–Kier alpha value is -0.120. The molecule has 0 spiro atoms. The van der Waals surface area contributed by atoms with Crippen molar-refractivity contribution in [1.29, 1.82) is 0 Å². The van der Waals surface area contributed by atoms with Gasteiger partial charge in [-0.25, -0.2) is 0 Å². The van der Waals surface area contributed by atoms with Crippen LogP contribution in [-0.2, 0) is 0 Å². The zero-order chi connectivity index (χ0) is 9.68. The van der Waals surface area contributed by atoms with Crippen molar-refractivity contribution in [3.8, 4) is 0 Å². The monoisotopic (exact) mass is 186 g/mol. The Labute approximate surface area is 80.9 Å². The van der Waals surface area contributed by atoms with Crippen molar-refractivity contribution in [2.24, 2.45) is 5.73 Å². The van der Waals surface area contributed by atoms with Crippen LogP contribution in [0.4, 0.5) is 0 Å². The minimum Gasteiger partial charge on any atom is -0.395 e. The van der Waals surface area contributed by atoms with Crippen molar-refractivity contribution in [1.82, 2.24) is 4.90 Å². The molecule has 0 aromatic carbocycles. The molecule has 0 aliphatic carbocycles. The highest BCUT2D eigenvalue weighted by Crippen LogP contribution is 2.15. The average Bonchev–Trinajstić information content (AvgIpc) is 2.32. The number of hydrogen-bond donors (Lipinski definition) is 2. The molecule has 1 saturated heterocycles. The van der Waals surface area contributed by atoms with Gasteiger partial charge in [-0.3, -0.25) is 4.90 Å². The molecule has 3 N–H and O–H groups in total. The van der Waals surface area contributed by atoms with E-state index in [0.717, 1.165) is 13.1 Å². The Kier molecular flexibility index (Phi) is 4.70. The summed E-state index contributed by atoms with van der Waals surface area (Å²) in [5, 5.41) is 8.87. The van der Waals surface area contributed by atoms with Gasteiger partial charge in [-0.1, -0.05) is 12.8 Å². The van der Waals surface area contributed by atoms with Gasteiger partial charge in [0.05, 0.1) is 6.61 Å². The molecule has 78 valence electrons. The highest BCUT2D eigenvalue weighted by Gasteiger charge is 2.18. The molecule has 0 aromatic heterocycles. The first kappa shape index (κ1) is 11.0. The van der Waals surface area contributed by atoms with E-state index in [0.29, 0.717) is 6.04 Å². The van der Waals surface area contributed by atoms with Gasteiger partial charge in [0.2, 0.25) is 0 Å². The summed E-state index contributed by atoms with van der Waals surface area (Å²) < 4.78 is 0. The van der Waals surface area contributed by atoms with Crippen molar-refractivity contribution >= 4 is 0 Å². The standard InChI is InChI=1S/C10H22N2O/c1-9-5-3-2-4-6-12(9)7-10(11)8-13/h9-10,13H,2-8,11H2,1H3. The van der Waals surface area contributed by atoms with E-state index in [2.05, 4.69) is 11.8 Å². The third kappa shape index (κ3) is 3.63. The molecule has 0 bridgehead atoms. The SMILES string of the molecule is CC1CCCCCN1CC(N)CO. The molecule has 2 atom stereocenters. The molecule has 1 heterocycles. The summed E-state index contributed by atoms with van der Waals surface area (Å²) in [5.41, 5.74) is 5.73. The van der Waals surface area contributed by atoms with Crippen LogP contribution >= 0.6 is 0 Å². The topological polar surface area (TPSA) is 49.5 Å². The highest BCUT2D eigenvalue weighted by atomic mass is 16.3. The summed E-state index contributed by atoms with van der Waals surface area (Å²) in [6, 6.07) is 0.570. The van der Waals surface area contributed by atoms with E-state index in [1.54, 1.807) is 0 Å². The Balaban J connectivity index is 2.35. The number of aliphatic hydroxyl groups is 1. The van der Waals surface area contributed by atoms with Crippen LogP contribution < -0.4 is 5.73 Å². The van der Waals surface area contributed by atoms with E-state index in [1.165, 1.54) is 25.7 Å². The summed E-state index contributed by atoms with van der Waals surface area (Å²) in [4.78, 5) is 2.41. The molecule has 0 aromatic rings. The van der Waals surface area contributed by atoms with Gasteiger partial charge in [0.25, 0.3) is 0 Å². The lowest BCUT2D eigenvalue weighted by atomic mass is 10.1. The first-order chi connectivity index (χ1) is 6.24. The molecule has 0 saturated carbocycles. The maximum absolute atomic E-state index is 8.87. The summed E-state index contributed by atoms with van der Waals surface area (Å²) in [5.74, 6) is 0. The molecular formula is C10H22N2O. The predicted octanol–water partition coefficient (Wildman–Crippen LogP) is 0.571. The Morgan fingerprint density at radius 1 is 1.46 bits per heavy atom. The highest BCUT2D eigenvalue weighted by molar-refractivity contribution is 4.75. The van der Waals surface area contributed by atoms with Crippen LogP contribution in [0.5, 0.6) is 0 Å². The Morgan fingerprint density at radius 2 is 2.23 bits per heavy atom. The van der Waals surface area contributed by atoms with Crippen LogP contribution in [0.1, 0.15) is 32.6 Å². The van der Waals surface area contributed by atoms with Crippen molar-refractivity contribution in [3.05, 3.63) is 0 Å². The summed E-state index contributed by atoms with van der Waals surface area (Å²) in [7, 11) is 0. The molecule has 2 unspecified atom stereocenters.